The van der Waals surface area contributed by atoms with Crippen molar-refractivity contribution < 1.29 is 0 Å². The second-order valence-corrected chi connectivity index (χ2v) is 13.9. The minimum absolute atomic E-state index is 0.0427. The largest absolute Gasteiger partial charge is 0.328 e. The Morgan fingerprint density at radius 1 is 0.364 bits per heavy atom. The fraction of sp³-hybridized carbons (Fsp3) is 0.0417. The number of hydrogen-bond donors (Lipinski definition) is 0. The molecule has 0 bridgehead atoms. The molecule has 7 aromatic carbocycles. The van der Waals surface area contributed by atoms with Crippen molar-refractivity contribution in [2.75, 3.05) is 0 Å². The highest BCUT2D eigenvalue weighted by Crippen LogP contribution is 2.37. The number of hydrogen-bond acceptors (Lipinski definition) is 4. The van der Waals surface area contributed by atoms with E-state index < -0.39 is 0 Å². The molecule has 7 nitrogen and oxygen atoms in total. The van der Waals surface area contributed by atoms with Crippen molar-refractivity contribution in [3.8, 4) is 62.1 Å². The number of nitrogens with zero attached hydrogens (tertiary/aromatic N) is 6. The van der Waals surface area contributed by atoms with E-state index in [4.69, 9.17) is 15.0 Å². The van der Waals surface area contributed by atoms with Gasteiger partial charge in [-0.05, 0) is 69.8 Å². The van der Waals surface area contributed by atoms with Crippen LogP contribution in [0.3, 0.4) is 0 Å². The first-order valence-electron chi connectivity index (χ1n) is 18.3. The average molecular weight is 711 g/mol. The van der Waals surface area contributed by atoms with Gasteiger partial charge in [0.05, 0.1) is 22.1 Å². The molecule has 0 aliphatic rings. The van der Waals surface area contributed by atoms with Gasteiger partial charge in [-0.1, -0.05) is 133 Å². The van der Waals surface area contributed by atoms with E-state index in [9.17, 15) is 4.79 Å². The highest BCUT2D eigenvalue weighted by molar-refractivity contribution is 6.11. The first-order valence-corrected chi connectivity index (χ1v) is 18.3. The number of rotatable bonds is 6. The Hall–Kier alpha value is -7.38. The summed E-state index contributed by atoms with van der Waals surface area (Å²) < 4.78 is 5.52. The van der Waals surface area contributed by atoms with E-state index in [0.717, 1.165) is 77.3 Å². The normalized spacial score (nSPS) is 11.5. The Labute approximate surface area is 317 Å². The van der Waals surface area contributed by atoms with Crippen LogP contribution in [0.4, 0.5) is 0 Å². The molecule has 0 aliphatic heterocycles. The molecule has 55 heavy (non-hydrogen) atoms. The number of imidazole rings is 1. The van der Waals surface area contributed by atoms with Crippen LogP contribution in [0.2, 0.25) is 0 Å². The zero-order valence-corrected chi connectivity index (χ0v) is 30.3. The summed E-state index contributed by atoms with van der Waals surface area (Å²) in [5.41, 5.74) is 12.2. The zero-order valence-electron chi connectivity index (χ0n) is 30.3. The molecule has 3 aromatic heterocycles. The molecule has 10 aromatic rings. The molecule has 10 rings (SSSR count). The van der Waals surface area contributed by atoms with Crippen LogP contribution >= 0.6 is 0 Å². The van der Waals surface area contributed by atoms with Crippen molar-refractivity contribution in [1.29, 1.82) is 0 Å². The first-order chi connectivity index (χ1) is 27.0. The lowest BCUT2D eigenvalue weighted by Crippen LogP contribution is -2.19. The molecule has 0 radical (unpaired) electrons. The van der Waals surface area contributed by atoms with Crippen LogP contribution in [-0.2, 0) is 14.1 Å². The highest BCUT2D eigenvalue weighted by Gasteiger charge is 2.19. The van der Waals surface area contributed by atoms with Crippen LogP contribution in [0.1, 0.15) is 0 Å². The summed E-state index contributed by atoms with van der Waals surface area (Å²) in [6.45, 7) is 0. The van der Waals surface area contributed by atoms with Gasteiger partial charge >= 0.3 is 5.69 Å². The number of benzene rings is 7. The van der Waals surface area contributed by atoms with Crippen molar-refractivity contribution in [1.82, 2.24) is 28.7 Å². The van der Waals surface area contributed by atoms with Crippen molar-refractivity contribution >= 4 is 32.8 Å². The van der Waals surface area contributed by atoms with E-state index in [-0.39, 0.29) is 5.69 Å². The molecular weight excluding hydrogens is 677 g/mol. The Morgan fingerprint density at radius 2 is 0.745 bits per heavy atom. The number of aryl methyl sites for hydroxylation is 2. The van der Waals surface area contributed by atoms with Crippen LogP contribution in [-0.4, -0.2) is 28.7 Å². The lowest BCUT2D eigenvalue weighted by molar-refractivity contribution is 0.795. The fourth-order valence-corrected chi connectivity index (χ4v) is 7.67. The molecule has 0 N–H and O–H groups in total. The summed E-state index contributed by atoms with van der Waals surface area (Å²) in [7, 11) is 3.61. The summed E-state index contributed by atoms with van der Waals surface area (Å²) in [5, 5.41) is 2.24. The van der Waals surface area contributed by atoms with Crippen LogP contribution in [0.25, 0.3) is 94.9 Å². The van der Waals surface area contributed by atoms with Gasteiger partial charge in [0.25, 0.3) is 0 Å². The summed E-state index contributed by atoms with van der Waals surface area (Å²) in [6, 6.07) is 58.7. The van der Waals surface area contributed by atoms with Gasteiger partial charge in [0.15, 0.2) is 11.6 Å². The molecule has 0 fully saturated rings. The molecule has 0 saturated heterocycles. The van der Waals surface area contributed by atoms with E-state index >= 15 is 0 Å². The molecule has 0 saturated carbocycles. The van der Waals surface area contributed by atoms with Gasteiger partial charge in [-0.15, -0.1) is 0 Å². The second-order valence-electron chi connectivity index (χ2n) is 13.9. The third kappa shape index (κ3) is 5.52. The van der Waals surface area contributed by atoms with Crippen LogP contribution in [0, 0.1) is 0 Å². The maximum absolute atomic E-state index is 12.6. The van der Waals surface area contributed by atoms with Crippen LogP contribution in [0.5, 0.6) is 0 Å². The minimum atomic E-state index is -0.0427. The van der Waals surface area contributed by atoms with Gasteiger partial charge in [-0.25, -0.2) is 9.78 Å². The van der Waals surface area contributed by atoms with Crippen molar-refractivity contribution in [3.63, 3.8) is 0 Å². The highest BCUT2D eigenvalue weighted by atomic mass is 16.1. The van der Waals surface area contributed by atoms with Gasteiger partial charge in [0.1, 0.15) is 0 Å². The minimum Gasteiger partial charge on any atom is -0.295 e. The van der Waals surface area contributed by atoms with E-state index in [1.165, 1.54) is 0 Å². The maximum Gasteiger partial charge on any atom is 0.328 e. The van der Waals surface area contributed by atoms with Gasteiger partial charge in [0.2, 0.25) is 5.95 Å². The zero-order chi connectivity index (χ0) is 37.0. The van der Waals surface area contributed by atoms with E-state index in [1.807, 2.05) is 55.6 Å². The monoisotopic (exact) mass is 710 g/mol. The molecule has 3 heterocycles. The summed E-state index contributed by atoms with van der Waals surface area (Å²) in [5.74, 6) is 1.72. The summed E-state index contributed by atoms with van der Waals surface area (Å²) in [4.78, 5) is 28.0. The van der Waals surface area contributed by atoms with Crippen molar-refractivity contribution in [2.45, 2.75) is 0 Å². The maximum atomic E-state index is 12.6. The third-order valence-corrected chi connectivity index (χ3v) is 10.6. The molecule has 0 spiro atoms. The third-order valence-electron chi connectivity index (χ3n) is 10.6. The standard InChI is InChI=1S/C48H34N6O/c1-52-43-27-24-38(30-44(43)53(2)48(52)55)33-18-20-35(21-19-33)46-49-45(34-16-10-5-11-17-34)50-47(51-46)54-41-25-22-36(31-12-6-3-7-13-31)28-39(41)40-29-37(23-26-42(40)54)32-14-8-4-9-15-32/h3-30H,1-2H3. The van der Waals surface area contributed by atoms with E-state index in [0.29, 0.717) is 17.6 Å². The SMILES string of the molecule is Cn1c(=O)n(C)c2cc(-c3ccc(-c4nc(-c5ccccc5)nc(-n5c6ccc(-c7ccccc7)cc6c6cc(-c7ccccc7)ccc65)n4)cc3)ccc21. The predicted molar refractivity (Wildman–Crippen MR) is 223 cm³/mol. The Morgan fingerprint density at radius 3 is 1.27 bits per heavy atom. The smallest absolute Gasteiger partial charge is 0.295 e. The van der Waals surface area contributed by atoms with E-state index in [1.54, 1.807) is 16.2 Å². The van der Waals surface area contributed by atoms with Crippen molar-refractivity contribution in [3.05, 3.63) is 180 Å². The molecule has 262 valence electrons. The quantitative estimate of drug-likeness (QED) is 0.172. The number of aromatic nitrogens is 6. The molecule has 7 heteroatoms. The molecular formula is C48H34N6O. The Bertz CT molecular complexity index is 3010. The topological polar surface area (TPSA) is 70.5 Å². The second kappa shape index (κ2) is 12.9. The van der Waals surface area contributed by atoms with Crippen molar-refractivity contribution in [2.24, 2.45) is 14.1 Å². The summed E-state index contributed by atoms with van der Waals surface area (Å²) in [6.07, 6.45) is 0. The van der Waals surface area contributed by atoms with Gasteiger partial charge in [0, 0.05) is 36.0 Å². The average Bonchev–Trinajstić information content (AvgIpc) is 3.70. The summed E-state index contributed by atoms with van der Waals surface area (Å²) >= 11 is 0. The van der Waals surface area contributed by atoms with Gasteiger partial charge in [-0.3, -0.25) is 13.7 Å². The predicted octanol–water partition coefficient (Wildman–Crippen LogP) is 10.5. The fourth-order valence-electron chi connectivity index (χ4n) is 7.67. The Kier molecular flexibility index (Phi) is 7.59. The molecule has 0 aliphatic carbocycles. The molecule has 0 amide bonds. The lowest BCUT2D eigenvalue weighted by atomic mass is 10.0. The Balaban J connectivity index is 1.15. The van der Waals surface area contributed by atoms with Crippen LogP contribution < -0.4 is 5.69 Å². The first kappa shape index (κ1) is 32.3. The van der Waals surface area contributed by atoms with Crippen LogP contribution in [0.15, 0.2) is 175 Å². The molecule has 0 atom stereocenters. The molecule has 0 unspecified atom stereocenters. The lowest BCUT2D eigenvalue weighted by Gasteiger charge is -2.12. The van der Waals surface area contributed by atoms with E-state index in [2.05, 4.69) is 126 Å². The van der Waals surface area contributed by atoms with Gasteiger partial charge in [-0.2, -0.15) is 9.97 Å². The number of fused-ring (bicyclic) bond motifs is 4. The van der Waals surface area contributed by atoms with Gasteiger partial charge < -0.3 is 0 Å².